The lowest BCUT2D eigenvalue weighted by molar-refractivity contribution is 0.534. The molecule has 2 rings (SSSR count). The fourth-order valence-corrected chi connectivity index (χ4v) is 3.69. The van der Waals surface area contributed by atoms with Gasteiger partial charge in [-0.05, 0) is 53.9 Å². The molecule has 0 saturated carbocycles. The Morgan fingerprint density at radius 1 is 1.28 bits per heavy atom. The largest absolute Gasteiger partial charge is 0.312 e. The molecule has 0 radical (unpaired) electrons. The van der Waals surface area contributed by atoms with Crippen LogP contribution in [0.1, 0.15) is 29.3 Å². The minimum atomic E-state index is 0.477. The Bertz CT molecular complexity index is 466. The van der Waals surface area contributed by atoms with E-state index < -0.39 is 0 Å². The van der Waals surface area contributed by atoms with Crippen LogP contribution in [0.5, 0.6) is 0 Å². The molecule has 1 unspecified atom stereocenters. The summed E-state index contributed by atoms with van der Waals surface area (Å²) >= 11 is 5.34. The van der Waals surface area contributed by atoms with Gasteiger partial charge in [-0.1, -0.05) is 30.3 Å². The lowest BCUT2D eigenvalue weighted by Crippen LogP contribution is -2.15. The van der Waals surface area contributed by atoms with Crippen molar-refractivity contribution >= 4 is 27.3 Å². The molecule has 0 amide bonds. The van der Waals surface area contributed by atoms with Crippen molar-refractivity contribution in [3.63, 3.8) is 0 Å². The number of hydrogen-bond donors (Lipinski definition) is 1. The summed E-state index contributed by atoms with van der Waals surface area (Å²) in [7, 11) is 2.04. The summed E-state index contributed by atoms with van der Waals surface area (Å²) in [5.41, 5.74) is 1.43. The predicted molar refractivity (Wildman–Crippen MR) is 83.2 cm³/mol. The minimum Gasteiger partial charge on any atom is -0.312 e. The summed E-state index contributed by atoms with van der Waals surface area (Å²) in [5.74, 6) is 0. The molecule has 0 fully saturated rings. The van der Waals surface area contributed by atoms with E-state index >= 15 is 0 Å². The average Bonchev–Trinajstić information content (AvgIpc) is 2.82. The number of benzene rings is 1. The Hall–Kier alpha value is -0.640. The van der Waals surface area contributed by atoms with E-state index in [1.165, 1.54) is 27.8 Å². The highest BCUT2D eigenvalue weighted by Gasteiger charge is 2.10. The summed E-state index contributed by atoms with van der Waals surface area (Å²) in [6, 6.07) is 13.4. The van der Waals surface area contributed by atoms with Gasteiger partial charge in [-0.3, -0.25) is 0 Å². The van der Waals surface area contributed by atoms with Crippen molar-refractivity contribution in [2.45, 2.75) is 25.3 Å². The third-order valence-electron chi connectivity index (χ3n) is 3.08. The Morgan fingerprint density at radius 2 is 2.06 bits per heavy atom. The molecule has 18 heavy (non-hydrogen) atoms. The van der Waals surface area contributed by atoms with Crippen molar-refractivity contribution in [1.29, 1.82) is 0 Å². The topological polar surface area (TPSA) is 12.0 Å². The van der Waals surface area contributed by atoms with Crippen LogP contribution in [0.2, 0.25) is 0 Å². The van der Waals surface area contributed by atoms with Crippen molar-refractivity contribution in [2.75, 3.05) is 7.05 Å². The Morgan fingerprint density at radius 3 is 2.67 bits per heavy atom. The highest BCUT2D eigenvalue weighted by atomic mass is 79.9. The first-order valence-electron chi connectivity index (χ1n) is 6.24. The van der Waals surface area contributed by atoms with Crippen LogP contribution in [-0.4, -0.2) is 7.05 Å². The van der Waals surface area contributed by atoms with Crippen molar-refractivity contribution in [2.24, 2.45) is 0 Å². The van der Waals surface area contributed by atoms with Gasteiger partial charge in [0.1, 0.15) is 0 Å². The molecule has 96 valence electrons. The van der Waals surface area contributed by atoms with E-state index in [2.05, 4.69) is 63.0 Å². The van der Waals surface area contributed by atoms with Crippen molar-refractivity contribution < 1.29 is 0 Å². The SMILES string of the molecule is CNC(CCCc1ccccc1)c1cc(Br)cs1. The van der Waals surface area contributed by atoms with Gasteiger partial charge in [0.15, 0.2) is 0 Å². The molecule has 1 aromatic heterocycles. The summed E-state index contributed by atoms with van der Waals surface area (Å²) in [6.07, 6.45) is 3.55. The van der Waals surface area contributed by atoms with Gasteiger partial charge in [0, 0.05) is 20.8 Å². The van der Waals surface area contributed by atoms with E-state index in [4.69, 9.17) is 0 Å². The van der Waals surface area contributed by atoms with Gasteiger partial charge < -0.3 is 5.32 Å². The van der Waals surface area contributed by atoms with Crippen molar-refractivity contribution in [3.05, 3.63) is 56.7 Å². The van der Waals surface area contributed by atoms with Gasteiger partial charge >= 0.3 is 0 Å². The van der Waals surface area contributed by atoms with Crippen molar-refractivity contribution in [1.82, 2.24) is 5.32 Å². The first-order valence-corrected chi connectivity index (χ1v) is 7.92. The summed E-state index contributed by atoms with van der Waals surface area (Å²) in [5, 5.41) is 5.56. The van der Waals surface area contributed by atoms with Crippen LogP contribution in [0, 0.1) is 0 Å². The highest BCUT2D eigenvalue weighted by Crippen LogP contribution is 2.28. The molecule has 1 nitrogen and oxygen atoms in total. The average molecular weight is 324 g/mol. The minimum absolute atomic E-state index is 0.477. The number of halogens is 1. The number of thiophene rings is 1. The molecule has 2 aromatic rings. The van der Waals surface area contributed by atoms with Crippen LogP contribution in [0.15, 0.2) is 46.3 Å². The van der Waals surface area contributed by atoms with Gasteiger partial charge in [0.2, 0.25) is 0 Å². The predicted octanol–water partition coefficient (Wildman–Crippen LogP) is 4.79. The zero-order valence-electron chi connectivity index (χ0n) is 10.5. The number of hydrogen-bond acceptors (Lipinski definition) is 2. The van der Waals surface area contributed by atoms with E-state index in [9.17, 15) is 0 Å². The van der Waals surface area contributed by atoms with Crippen LogP contribution < -0.4 is 5.32 Å². The summed E-state index contributed by atoms with van der Waals surface area (Å²) in [4.78, 5) is 1.41. The maximum atomic E-state index is 3.52. The summed E-state index contributed by atoms with van der Waals surface area (Å²) < 4.78 is 1.19. The molecule has 0 aliphatic heterocycles. The van der Waals surface area contributed by atoms with E-state index in [0.29, 0.717) is 6.04 Å². The molecule has 0 aliphatic rings. The van der Waals surface area contributed by atoms with Crippen LogP contribution in [-0.2, 0) is 6.42 Å². The van der Waals surface area contributed by atoms with E-state index in [0.717, 1.165) is 6.42 Å². The second-order valence-corrected chi connectivity index (χ2v) is 6.24. The van der Waals surface area contributed by atoms with Crippen LogP contribution in [0.25, 0.3) is 0 Å². The Kier molecular flexibility index (Phi) is 5.42. The maximum Gasteiger partial charge on any atom is 0.0412 e. The second kappa shape index (κ2) is 7.07. The third kappa shape index (κ3) is 3.94. The molecule has 0 bridgehead atoms. The fourth-order valence-electron chi connectivity index (χ4n) is 2.09. The molecular weight excluding hydrogens is 306 g/mol. The summed E-state index contributed by atoms with van der Waals surface area (Å²) in [6.45, 7) is 0. The molecule has 1 heterocycles. The molecule has 1 atom stereocenters. The van der Waals surface area contributed by atoms with Gasteiger partial charge in [-0.2, -0.15) is 0 Å². The molecular formula is C15H18BrNS. The second-order valence-electron chi connectivity index (χ2n) is 4.39. The molecule has 0 spiro atoms. The van der Waals surface area contributed by atoms with E-state index in [1.807, 2.05) is 18.4 Å². The van der Waals surface area contributed by atoms with Gasteiger partial charge in [0.05, 0.1) is 0 Å². The standard InChI is InChI=1S/C15H18BrNS/c1-17-14(15-10-13(16)11-18-15)9-5-8-12-6-3-2-4-7-12/h2-4,6-7,10-11,14,17H,5,8-9H2,1H3. The fraction of sp³-hybridized carbons (Fsp3) is 0.333. The van der Waals surface area contributed by atoms with E-state index in [-0.39, 0.29) is 0 Å². The molecule has 0 saturated heterocycles. The smallest absolute Gasteiger partial charge is 0.0412 e. The Labute approximate surface area is 121 Å². The lowest BCUT2D eigenvalue weighted by Gasteiger charge is -2.14. The van der Waals surface area contributed by atoms with Gasteiger partial charge in [-0.15, -0.1) is 11.3 Å². The quantitative estimate of drug-likeness (QED) is 0.805. The number of rotatable bonds is 6. The molecule has 0 aliphatic carbocycles. The van der Waals surface area contributed by atoms with Crippen LogP contribution in [0.3, 0.4) is 0 Å². The Balaban J connectivity index is 1.85. The lowest BCUT2D eigenvalue weighted by atomic mass is 10.0. The molecule has 1 aromatic carbocycles. The molecule has 1 N–H and O–H groups in total. The van der Waals surface area contributed by atoms with Gasteiger partial charge in [-0.25, -0.2) is 0 Å². The third-order valence-corrected chi connectivity index (χ3v) is 4.89. The highest BCUT2D eigenvalue weighted by molar-refractivity contribution is 9.10. The van der Waals surface area contributed by atoms with Gasteiger partial charge in [0.25, 0.3) is 0 Å². The van der Waals surface area contributed by atoms with Crippen molar-refractivity contribution in [3.8, 4) is 0 Å². The maximum absolute atomic E-state index is 3.52. The van der Waals surface area contributed by atoms with Crippen LogP contribution in [0.4, 0.5) is 0 Å². The van der Waals surface area contributed by atoms with E-state index in [1.54, 1.807) is 0 Å². The molecule has 3 heteroatoms. The first kappa shape index (κ1) is 13.8. The monoisotopic (exact) mass is 323 g/mol. The number of aryl methyl sites for hydroxylation is 1. The normalized spacial score (nSPS) is 12.6. The zero-order valence-corrected chi connectivity index (χ0v) is 12.9. The zero-order chi connectivity index (χ0) is 12.8. The number of nitrogens with one attached hydrogen (secondary N) is 1. The first-order chi connectivity index (χ1) is 8.79. The van der Waals surface area contributed by atoms with Crippen LogP contribution >= 0.6 is 27.3 Å².